The molecule has 2 aromatic rings. The average Bonchev–Trinajstić information content (AvgIpc) is 2.71. The molecule has 0 spiro atoms. The number of fused-ring (bicyclic) bond motifs is 1. The van der Waals surface area contributed by atoms with E-state index in [-0.39, 0.29) is 24.8 Å². The average molecular weight is 390 g/mol. The number of halogens is 4. The lowest BCUT2D eigenvalue weighted by Crippen LogP contribution is -2.03. The highest BCUT2D eigenvalue weighted by atomic mass is 35.5. The second-order valence-electron chi connectivity index (χ2n) is 4.75. The third kappa shape index (κ3) is 4.89. The molecule has 0 unspecified atom stereocenters. The lowest BCUT2D eigenvalue weighted by atomic mass is 10.1. The van der Waals surface area contributed by atoms with Crippen molar-refractivity contribution in [1.82, 2.24) is 0 Å². The normalized spacial score (nSPS) is 13.0. The molecule has 23 heavy (non-hydrogen) atoms. The molecule has 1 aliphatic heterocycles. The van der Waals surface area contributed by atoms with Gasteiger partial charge in [-0.05, 0) is 29.8 Å². The van der Waals surface area contributed by atoms with E-state index in [1.54, 1.807) is 6.07 Å². The standard InChI is InChI=1S/C17H14Cl2N2.2ClH/c18-14-7-5-12(11-15(14)19)6-8-17-13-3-1-2-4-16(13)20-9-10-21-17;;/h1-8,11,20H,9-10H2;2*1H/b8-6+;;. The quantitative estimate of drug-likeness (QED) is 0.693. The van der Waals surface area contributed by atoms with Gasteiger partial charge in [0, 0.05) is 17.8 Å². The molecule has 0 radical (unpaired) electrons. The smallest absolute Gasteiger partial charge is 0.0668 e. The third-order valence-electron chi connectivity index (χ3n) is 3.29. The number of benzodiazepines with no additional fused rings is 1. The number of anilines is 1. The van der Waals surface area contributed by atoms with Crippen molar-refractivity contribution in [3.63, 3.8) is 0 Å². The SMILES string of the molecule is Cl.Cl.Clc1ccc(/C=C/C2=NCCNc3ccccc32)cc1Cl. The van der Waals surface area contributed by atoms with Crippen LogP contribution in [0.3, 0.4) is 0 Å². The lowest BCUT2D eigenvalue weighted by molar-refractivity contribution is 1.04. The molecule has 1 aliphatic rings. The van der Waals surface area contributed by atoms with Crippen LogP contribution in [-0.2, 0) is 0 Å². The first-order valence-corrected chi connectivity index (χ1v) is 7.50. The molecule has 2 nitrogen and oxygen atoms in total. The zero-order valence-electron chi connectivity index (χ0n) is 12.1. The van der Waals surface area contributed by atoms with E-state index in [0.29, 0.717) is 10.0 Å². The van der Waals surface area contributed by atoms with E-state index >= 15 is 0 Å². The molecule has 3 rings (SSSR count). The predicted molar refractivity (Wildman–Crippen MR) is 106 cm³/mol. The van der Waals surface area contributed by atoms with Gasteiger partial charge in [0.05, 0.1) is 22.3 Å². The summed E-state index contributed by atoms with van der Waals surface area (Å²) in [6.07, 6.45) is 4.02. The lowest BCUT2D eigenvalue weighted by Gasteiger charge is -2.07. The van der Waals surface area contributed by atoms with Gasteiger partial charge in [0.2, 0.25) is 0 Å². The van der Waals surface area contributed by atoms with Crippen LogP contribution in [0.15, 0.2) is 53.5 Å². The van der Waals surface area contributed by atoms with Crippen LogP contribution in [0.1, 0.15) is 11.1 Å². The number of hydrogen-bond acceptors (Lipinski definition) is 2. The molecule has 0 amide bonds. The second-order valence-corrected chi connectivity index (χ2v) is 5.56. The van der Waals surface area contributed by atoms with Crippen LogP contribution in [0, 0.1) is 0 Å². The van der Waals surface area contributed by atoms with E-state index in [1.165, 1.54) is 0 Å². The maximum Gasteiger partial charge on any atom is 0.0668 e. The maximum absolute atomic E-state index is 6.04. The third-order valence-corrected chi connectivity index (χ3v) is 4.03. The zero-order valence-corrected chi connectivity index (χ0v) is 15.3. The number of para-hydroxylation sites is 1. The van der Waals surface area contributed by atoms with Crippen molar-refractivity contribution in [3.8, 4) is 0 Å². The summed E-state index contributed by atoms with van der Waals surface area (Å²) in [4.78, 5) is 4.63. The number of allylic oxidation sites excluding steroid dienone is 1. The van der Waals surface area contributed by atoms with Gasteiger partial charge in [0.1, 0.15) is 0 Å². The van der Waals surface area contributed by atoms with Crippen molar-refractivity contribution < 1.29 is 0 Å². The summed E-state index contributed by atoms with van der Waals surface area (Å²) in [5.74, 6) is 0. The van der Waals surface area contributed by atoms with Crippen molar-refractivity contribution >= 4 is 65.5 Å². The van der Waals surface area contributed by atoms with Gasteiger partial charge in [0.15, 0.2) is 0 Å². The van der Waals surface area contributed by atoms with Crippen LogP contribution >= 0.6 is 48.0 Å². The summed E-state index contributed by atoms with van der Waals surface area (Å²) in [5, 5.41) is 4.51. The van der Waals surface area contributed by atoms with Crippen molar-refractivity contribution in [3.05, 3.63) is 69.7 Å². The highest BCUT2D eigenvalue weighted by molar-refractivity contribution is 6.42. The first-order valence-electron chi connectivity index (χ1n) is 6.75. The Balaban J connectivity index is 0.00000132. The van der Waals surface area contributed by atoms with Crippen LogP contribution in [0.4, 0.5) is 5.69 Å². The molecule has 0 aliphatic carbocycles. The molecule has 122 valence electrons. The van der Waals surface area contributed by atoms with Crippen molar-refractivity contribution in [2.45, 2.75) is 0 Å². The molecule has 6 heteroatoms. The summed E-state index contributed by atoms with van der Waals surface area (Å²) >= 11 is 12.0. The van der Waals surface area contributed by atoms with Gasteiger partial charge in [-0.15, -0.1) is 24.8 Å². The Morgan fingerprint density at radius 3 is 2.52 bits per heavy atom. The second kappa shape index (κ2) is 9.19. The molecular weight excluding hydrogens is 374 g/mol. The minimum Gasteiger partial charge on any atom is -0.383 e. The number of rotatable bonds is 2. The molecule has 0 bridgehead atoms. The Hall–Kier alpha value is -1.19. The highest BCUT2D eigenvalue weighted by Crippen LogP contribution is 2.24. The Bertz CT molecular complexity index is 726. The number of aliphatic imine (C=N–C) groups is 1. The topological polar surface area (TPSA) is 24.4 Å². The molecule has 1 heterocycles. The fourth-order valence-electron chi connectivity index (χ4n) is 2.25. The fourth-order valence-corrected chi connectivity index (χ4v) is 2.55. The van der Waals surface area contributed by atoms with Gasteiger partial charge in [-0.25, -0.2) is 0 Å². The van der Waals surface area contributed by atoms with Gasteiger partial charge in [0.25, 0.3) is 0 Å². The van der Waals surface area contributed by atoms with Crippen molar-refractivity contribution in [2.24, 2.45) is 4.99 Å². The Morgan fingerprint density at radius 2 is 1.74 bits per heavy atom. The number of hydrogen-bond donors (Lipinski definition) is 1. The predicted octanol–water partition coefficient (Wildman–Crippen LogP) is 5.77. The van der Waals surface area contributed by atoms with E-state index in [9.17, 15) is 0 Å². The first kappa shape index (κ1) is 19.9. The summed E-state index contributed by atoms with van der Waals surface area (Å²) in [5.41, 5.74) is 4.21. The summed E-state index contributed by atoms with van der Waals surface area (Å²) in [7, 11) is 0. The van der Waals surface area contributed by atoms with Crippen LogP contribution in [-0.4, -0.2) is 18.8 Å². The van der Waals surface area contributed by atoms with E-state index in [2.05, 4.69) is 22.4 Å². The summed E-state index contributed by atoms with van der Waals surface area (Å²) < 4.78 is 0. The van der Waals surface area contributed by atoms with Gasteiger partial charge in [-0.2, -0.15) is 0 Å². The van der Waals surface area contributed by atoms with Crippen LogP contribution in [0.2, 0.25) is 10.0 Å². The minimum absolute atomic E-state index is 0. The molecule has 0 saturated heterocycles. The molecule has 2 aromatic carbocycles. The zero-order chi connectivity index (χ0) is 14.7. The molecular formula is C17H16Cl4N2. The van der Waals surface area contributed by atoms with Crippen molar-refractivity contribution in [2.75, 3.05) is 18.4 Å². The van der Waals surface area contributed by atoms with E-state index in [4.69, 9.17) is 23.2 Å². The highest BCUT2D eigenvalue weighted by Gasteiger charge is 2.09. The monoisotopic (exact) mass is 388 g/mol. The largest absolute Gasteiger partial charge is 0.383 e. The maximum atomic E-state index is 6.04. The molecule has 1 N–H and O–H groups in total. The molecule has 0 fully saturated rings. The first-order chi connectivity index (χ1) is 10.2. The van der Waals surface area contributed by atoms with E-state index in [1.807, 2.05) is 36.4 Å². The van der Waals surface area contributed by atoms with Gasteiger partial charge in [-0.1, -0.05) is 53.5 Å². The van der Waals surface area contributed by atoms with Crippen molar-refractivity contribution in [1.29, 1.82) is 0 Å². The summed E-state index contributed by atoms with van der Waals surface area (Å²) in [6, 6.07) is 13.8. The van der Waals surface area contributed by atoms with Gasteiger partial charge >= 0.3 is 0 Å². The summed E-state index contributed by atoms with van der Waals surface area (Å²) in [6.45, 7) is 1.61. The fraction of sp³-hybridized carbons (Fsp3) is 0.118. The van der Waals surface area contributed by atoms with Gasteiger partial charge < -0.3 is 5.32 Å². The number of benzene rings is 2. The van der Waals surface area contributed by atoms with Gasteiger partial charge in [-0.3, -0.25) is 4.99 Å². The van der Waals surface area contributed by atoms with Crippen LogP contribution < -0.4 is 5.32 Å². The Labute approximate surface area is 158 Å². The van der Waals surface area contributed by atoms with Crippen LogP contribution in [0.25, 0.3) is 6.08 Å². The van der Waals surface area contributed by atoms with E-state index in [0.717, 1.165) is 35.6 Å². The molecule has 0 aromatic heterocycles. The Morgan fingerprint density at radius 1 is 0.957 bits per heavy atom. The minimum atomic E-state index is 0. The molecule has 0 saturated carbocycles. The van der Waals surface area contributed by atoms with E-state index < -0.39 is 0 Å². The Kier molecular flexibility index (Phi) is 7.93. The van der Waals surface area contributed by atoms with Crippen LogP contribution in [0.5, 0.6) is 0 Å². The number of nitrogens with zero attached hydrogens (tertiary/aromatic N) is 1. The number of nitrogens with one attached hydrogen (secondary N) is 1. The molecule has 0 atom stereocenters.